The maximum absolute atomic E-state index is 12.0. The van der Waals surface area contributed by atoms with Crippen LogP contribution in [0.25, 0.3) is 0 Å². The van der Waals surface area contributed by atoms with Crippen LogP contribution >= 0.6 is 0 Å². The molecule has 0 saturated heterocycles. The zero-order valence-electron chi connectivity index (χ0n) is 12.2. The van der Waals surface area contributed by atoms with Crippen LogP contribution in [0.3, 0.4) is 0 Å². The van der Waals surface area contributed by atoms with E-state index in [2.05, 4.69) is 18.3 Å². The minimum absolute atomic E-state index is 0.0130. The van der Waals surface area contributed by atoms with Gasteiger partial charge >= 0.3 is 0 Å². The lowest BCUT2D eigenvalue weighted by molar-refractivity contribution is -0.124. The molecule has 1 saturated carbocycles. The molecule has 1 fully saturated rings. The number of nitrogens with zero attached hydrogens (tertiary/aromatic N) is 1. The number of nitrogens with one attached hydrogen (secondary N) is 1. The molecule has 1 rings (SSSR count). The van der Waals surface area contributed by atoms with Gasteiger partial charge in [0.2, 0.25) is 5.91 Å². The number of nitriles is 1. The van der Waals surface area contributed by atoms with Crippen molar-refractivity contribution in [3.63, 3.8) is 0 Å². The second kappa shape index (κ2) is 5.73. The van der Waals surface area contributed by atoms with Crippen molar-refractivity contribution in [1.82, 2.24) is 5.32 Å². The highest BCUT2D eigenvalue weighted by atomic mass is 16.1. The van der Waals surface area contributed by atoms with Gasteiger partial charge in [-0.05, 0) is 37.0 Å². The average Bonchev–Trinajstić information content (AvgIpc) is 2.27. The molecule has 0 aliphatic heterocycles. The third-order valence-electron chi connectivity index (χ3n) is 3.82. The molecular formula is C15H26N2O. The summed E-state index contributed by atoms with van der Waals surface area (Å²) in [5, 5.41) is 12.4. The van der Waals surface area contributed by atoms with E-state index >= 15 is 0 Å². The van der Waals surface area contributed by atoms with Crippen molar-refractivity contribution in [2.75, 3.05) is 0 Å². The van der Waals surface area contributed by atoms with Crippen LogP contribution in [0, 0.1) is 22.7 Å². The summed E-state index contributed by atoms with van der Waals surface area (Å²) in [6, 6.07) is 2.35. The molecule has 0 bridgehead atoms. The second-order valence-corrected chi connectivity index (χ2v) is 6.83. The lowest BCUT2D eigenvalue weighted by Gasteiger charge is -2.36. The molecule has 102 valence electrons. The minimum Gasteiger partial charge on any atom is -0.338 e. The summed E-state index contributed by atoms with van der Waals surface area (Å²) in [4.78, 5) is 12.0. The third-order valence-corrected chi connectivity index (χ3v) is 3.82. The molecular weight excluding hydrogens is 224 g/mol. The number of rotatable bonds is 3. The van der Waals surface area contributed by atoms with Crippen molar-refractivity contribution in [2.24, 2.45) is 11.3 Å². The van der Waals surface area contributed by atoms with E-state index in [4.69, 9.17) is 0 Å². The molecule has 0 aromatic heterocycles. The van der Waals surface area contributed by atoms with Crippen LogP contribution in [0.5, 0.6) is 0 Å². The van der Waals surface area contributed by atoms with Gasteiger partial charge in [-0.3, -0.25) is 4.79 Å². The first-order chi connectivity index (χ1) is 8.30. The Morgan fingerprint density at radius 2 is 1.94 bits per heavy atom. The lowest BCUT2D eigenvalue weighted by Crippen LogP contribution is -2.50. The molecule has 0 atom stereocenters. The van der Waals surface area contributed by atoms with E-state index in [9.17, 15) is 10.1 Å². The first-order valence-electron chi connectivity index (χ1n) is 7.02. The fourth-order valence-corrected chi connectivity index (χ4v) is 2.64. The monoisotopic (exact) mass is 250 g/mol. The van der Waals surface area contributed by atoms with Gasteiger partial charge in [0, 0.05) is 6.42 Å². The quantitative estimate of drug-likeness (QED) is 0.834. The van der Waals surface area contributed by atoms with Crippen molar-refractivity contribution in [3.8, 4) is 6.07 Å². The molecule has 0 heterocycles. The Hall–Kier alpha value is -1.04. The Bertz CT molecular complexity index is 327. The van der Waals surface area contributed by atoms with Crippen molar-refractivity contribution in [2.45, 2.75) is 71.8 Å². The van der Waals surface area contributed by atoms with E-state index in [-0.39, 0.29) is 11.3 Å². The Morgan fingerprint density at radius 3 is 2.33 bits per heavy atom. The van der Waals surface area contributed by atoms with E-state index in [1.807, 2.05) is 20.8 Å². The Morgan fingerprint density at radius 1 is 1.39 bits per heavy atom. The predicted octanol–water partition coefficient (Wildman–Crippen LogP) is 3.40. The SMILES string of the molecule is CCC1CCC(C#N)(NC(=O)CC(C)(C)C)CC1. The average molecular weight is 250 g/mol. The smallest absolute Gasteiger partial charge is 0.221 e. The largest absolute Gasteiger partial charge is 0.338 e. The summed E-state index contributed by atoms with van der Waals surface area (Å²) in [7, 11) is 0. The molecule has 0 spiro atoms. The Kier molecular flexibility index (Phi) is 4.78. The van der Waals surface area contributed by atoms with E-state index in [1.165, 1.54) is 6.42 Å². The first-order valence-corrected chi connectivity index (χ1v) is 7.02. The zero-order valence-corrected chi connectivity index (χ0v) is 12.2. The molecule has 0 aromatic rings. The van der Waals surface area contributed by atoms with Crippen LogP contribution < -0.4 is 5.32 Å². The minimum atomic E-state index is -0.603. The topological polar surface area (TPSA) is 52.9 Å². The first kappa shape index (κ1) is 15.0. The summed E-state index contributed by atoms with van der Waals surface area (Å²) < 4.78 is 0. The molecule has 1 amide bonds. The molecule has 1 aliphatic carbocycles. The molecule has 18 heavy (non-hydrogen) atoms. The third kappa shape index (κ3) is 4.33. The van der Waals surface area contributed by atoms with E-state index in [0.29, 0.717) is 6.42 Å². The highest BCUT2D eigenvalue weighted by Gasteiger charge is 2.36. The van der Waals surface area contributed by atoms with Crippen LogP contribution in [0.15, 0.2) is 0 Å². The molecule has 3 nitrogen and oxygen atoms in total. The highest BCUT2D eigenvalue weighted by molar-refractivity contribution is 5.78. The standard InChI is InChI=1S/C15H26N2O/c1-5-12-6-8-15(11-16,9-7-12)17-13(18)10-14(2,3)4/h12H,5-10H2,1-4H3,(H,17,18). The zero-order chi connectivity index (χ0) is 13.8. The van der Waals surface area contributed by atoms with E-state index in [1.54, 1.807) is 0 Å². The summed E-state index contributed by atoms with van der Waals surface area (Å²) in [6.07, 6.45) is 5.38. The van der Waals surface area contributed by atoms with Crippen LogP contribution in [-0.4, -0.2) is 11.4 Å². The van der Waals surface area contributed by atoms with Gasteiger partial charge in [-0.25, -0.2) is 0 Å². The fraction of sp³-hybridized carbons (Fsp3) is 0.867. The van der Waals surface area contributed by atoms with Crippen molar-refractivity contribution in [1.29, 1.82) is 5.26 Å². The van der Waals surface area contributed by atoms with Crippen LogP contribution in [0.1, 0.15) is 66.2 Å². The van der Waals surface area contributed by atoms with Gasteiger partial charge in [0.25, 0.3) is 0 Å². The van der Waals surface area contributed by atoms with E-state index < -0.39 is 5.54 Å². The van der Waals surface area contributed by atoms with Crippen LogP contribution in [-0.2, 0) is 4.79 Å². The summed E-state index contributed by atoms with van der Waals surface area (Å²) >= 11 is 0. The van der Waals surface area contributed by atoms with E-state index in [0.717, 1.165) is 31.6 Å². The number of hydrogen-bond donors (Lipinski definition) is 1. The number of hydrogen-bond acceptors (Lipinski definition) is 2. The van der Waals surface area contributed by atoms with Crippen LogP contribution in [0.4, 0.5) is 0 Å². The molecule has 0 unspecified atom stereocenters. The van der Waals surface area contributed by atoms with Gasteiger partial charge in [-0.15, -0.1) is 0 Å². The Balaban J connectivity index is 2.58. The maximum Gasteiger partial charge on any atom is 0.221 e. The van der Waals surface area contributed by atoms with Gasteiger partial charge in [0.15, 0.2) is 0 Å². The molecule has 1 aliphatic rings. The highest BCUT2D eigenvalue weighted by Crippen LogP contribution is 2.33. The van der Waals surface area contributed by atoms with Gasteiger partial charge in [0.1, 0.15) is 5.54 Å². The predicted molar refractivity (Wildman–Crippen MR) is 72.8 cm³/mol. The van der Waals surface area contributed by atoms with Crippen LogP contribution in [0.2, 0.25) is 0 Å². The second-order valence-electron chi connectivity index (χ2n) is 6.83. The lowest BCUT2D eigenvalue weighted by atomic mass is 9.76. The van der Waals surface area contributed by atoms with Gasteiger partial charge in [-0.1, -0.05) is 34.1 Å². The van der Waals surface area contributed by atoms with Crippen molar-refractivity contribution >= 4 is 5.91 Å². The Labute approximate surface area is 111 Å². The van der Waals surface area contributed by atoms with Gasteiger partial charge < -0.3 is 5.32 Å². The maximum atomic E-state index is 12.0. The molecule has 0 aromatic carbocycles. The number of amides is 1. The normalized spacial score (nSPS) is 28.5. The van der Waals surface area contributed by atoms with Gasteiger partial charge in [-0.2, -0.15) is 5.26 Å². The molecule has 1 N–H and O–H groups in total. The van der Waals surface area contributed by atoms with Gasteiger partial charge in [0.05, 0.1) is 6.07 Å². The number of carbonyl (C=O) groups excluding carboxylic acids is 1. The number of carbonyl (C=O) groups is 1. The summed E-state index contributed by atoms with van der Waals surface area (Å²) in [5.41, 5.74) is -0.630. The van der Waals surface area contributed by atoms with Crippen molar-refractivity contribution in [3.05, 3.63) is 0 Å². The summed E-state index contributed by atoms with van der Waals surface area (Å²) in [5.74, 6) is 0.741. The van der Waals surface area contributed by atoms with Crippen molar-refractivity contribution < 1.29 is 4.79 Å². The summed E-state index contributed by atoms with van der Waals surface area (Å²) in [6.45, 7) is 8.32. The fourth-order valence-electron chi connectivity index (χ4n) is 2.64. The molecule has 3 heteroatoms. The molecule has 0 radical (unpaired) electrons.